The lowest BCUT2D eigenvalue weighted by atomic mass is 9.75. The van der Waals surface area contributed by atoms with Crippen molar-refractivity contribution in [3.8, 4) is 0 Å². The normalized spacial score (nSPS) is 37.8. The lowest BCUT2D eigenvalue weighted by Crippen LogP contribution is -2.51. The van der Waals surface area contributed by atoms with E-state index < -0.39 is 5.79 Å². The Bertz CT molecular complexity index is 483. The number of benzene rings is 1. The number of fused-ring (bicyclic) bond motifs is 2. The van der Waals surface area contributed by atoms with Gasteiger partial charge in [-0.3, -0.25) is 0 Å². The van der Waals surface area contributed by atoms with Crippen LogP contribution in [0.15, 0.2) is 24.3 Å². The monoisotopic (exact) mass is 261 g/mol. The Balaban J connectivity index is 2.14. The van der Waals surface area contributed by atoms with Crippen LogP contribution in [0.3, 0.4) is 0 Å². The number of likely N-dealkylation sites (N-methyl/N-ethyl adjacent to an activating group) is 1. The van der Waals surface area contributed by atoms with Crippen LogP contribution in [0.25, 0.3) is 0 Å². The van der Waals surface area contributed by atoms with Gasteiger partial charge >= 0.3 is 0 Å². The van der Waals surface area contributed by atoms with E-state index in [1.165, 1.54) is 12.0 Å². The first-order valence-corrected chi connectivity index (χ1v) is 7.16. The summed E-state index contributed by atoms with van der Waals surface area (Å²) in [6, 6.07) is 8.47. The Morgan fingerprint density at radius 2 is 1.89 bits per heavy atom. The van der Waals surface area contributed by atoms with E-state index in [9.17, 15) is 5.11 Å². The number of hydrogen-bond acceptors (Lipinski definition) is 3. The third kappa shape index (κ3) is 1.83. The van der Waals surface area contributed by atoms with Gasteiger partial charge in [-0.05, 0) is 39.4 Å². The van der Waals surface area contributed by atoms with Gasteiger partial charge in [-0.25, -0.2) is 0 Å². The fourth-order valence-corrected chi connectivity index (χ4v) is 3.95. The molecule has 1 aromatic rings. The SMILES string of the molecule is CN(C)C1CCCC[C@@]12O[C@@](C)(O)c1ccccc12. The van der Waals surface area contributed by atoms with Crippen molar-refractivity contribution in [2.24, 2.45) is 0 Å². The Kier molecular flexibility index (Phi) is 2.97. The average molecular weight is 261 g/mol. The van der Waals surface area contributed by atoms with Crippen LogP contribution < -0.4 is 0 Å². The van der Waals surface area contributed by atoms with E-state index in [4.69, 9.17) is 4.74 Å². The van der Waals surface area contributed by atoms with Crippen molar-refractivity contribution in [2.45, 2.75) is 50.0 Å². The summed E-state index contributed by atoms with van der Waals surface area (Å²) in [5, 5.41) is 10.6. The van der Waals surface area contributed by atoms with Crippen LogP contribution >= 0.6 is 0 Å². The van der Waals surface area contributed by atoms with Crippen molar-refractivity contribution in [1.82, 2.24) is 4.90 Å². The van der Waals surface area contributed by atoms with Crippen LogP contribution in [0, 0.1) is 0 Å². The second-order valence-electron chi connectivity index (χ2n) is 6.25. The van der Waals surface area contributed by atoms with E-state index in [-0.39, 0.29) is 5.60 Å². The van der Waals surface area contributed by atoms with Gasteiger partial charge in [0.25, 0.3) is 0 Å². The minimum Gasteiger partial charge on any atom is -0.362 e. The smallest absolute Gasteiger partial charge is 0.190 e. The lowest BCUT2D eigenvalue weighted by molar-refractivity contribution is -0.269. The molecule has 1 fully saturated rings. The van der Waals surface area contributed by atoms with E-state index >= 15 is 0 Å². The second kappa shape index (κ2) is 4.30. The van der Waals surface area contributed by atoms with Gasteiger partial charge in [0.05, 0.1) is 0 Å². The Morgan fingerprint density at radius 3 is 2.58 bits per heavy atom. The number of aliphatic hydroxyl groups is 1. The zero-order valence-electron chi connectivity index (χ0n) is 12.0. The lowest BCUT2D eigenvalue weighted by Gasteiger charge is -2.45. The van der Waals surface area contributed by atoms with Crippen LogP contribution in [0.1, 0.15) is 43.7 Å². The van der Waals surface area contributed by atoms with Gasteiger partial charge in [-0.2, -0.15) is 0 Å². The maximum Gasteiger partial charge on any atom is 0.190 e. The van der Waals surface area contributed by atoms with E-state index in [0.29, 0.717) is 6.04 Å². The third-order valence-corrected chi connectivity index (χ3v) is 4.70. The van der Waals surface area contributed by atoms with Gasteiger partial charge in [0.1, 0.15) is 5.60 Å². The van der Waals surface area contributed by atoms with Gasteiger partial charge in [-0.15, -0.1) is 0 Å². The van der Waals surface area contributed by atoms with Crippen molar-refractivity contribution in [3.63, 3.8) is 0 Å². The zero-order valence-corrected chi connectivity index (χ0v) is 12.0. The molecule has 0 amide bonds. The maximum atomic E-state index is 10.6. The molecule has 1 aliphatic carbocycles. The molecule has 19 heavy (non-hydrogen) atoms. The highest BCUT2D eigenvalue weighted by Crippen LogP contribution is 2.53. The fraction of sp³-hybridized carbons (Fsp3) is 0.625. The van der Waals surface area contributed by atoms with E-state index in [1.54, 1.807) is 6.92 Å². The minimum atomic E-state index is -1.16. The Hall–Kier alpha value is -0.900. The van der Waals surface area contributed by atoms with Crippen LogP contribution in [-0.2, 0) is 16.1 Å². The predicted octanol–water partition coefficient (Wildman–Crippen LogP) is 2.58. The zero-order chi connectivity index (χ0) is 13.7. The molecule has 3 heteroatoms. The first-order chi connectivity index (χ1) is 8.97. The Labute approximate surface area is 115 Å². The molecule has 3 atom stereocenters. The highest BCUT2D eigenvalue weighted by molar-refractivity contribution is 5.41. The topological polar surface area (TPSA) is 32.7 Å². The maximum absolute atomic E-state index is 10.6. The molecule has 2 aliphatic rings. The first kappa shape index (κ1) is 13.1. The van der Waals surface area contributed by atoms with E-state index in [2.05, 4.69) is 25.1 Å². The summed E-state index contributed by atoms with van der Waals surface area (Å²) in [5.41, 5.74) is 1.77. The van der Waals surface area contributed by atoms with Crippen LogP contribution in [0.4, 0.5) is 0 Å². The molecule has 1 aromatic carbocycles. The molecule has 0 saturated heterocycles. The number of nitrogens with zero attached hydrogens (tertiary/aromatic N) is 1. The van der Waals surface area contributed by atoms with Crippen molar-refractivity contribution >= 4 is 0 Å². The van der Waals surface area contributed by atoms with Crippen LogP contribution in [0.5, 0.6) is 0 Å². The van der Waals surface area contributed by atoms with Crippen molar-refractivity contribution < 1.29 is 9.84 Å². The molecule has 1 aliphatic heterocycles. The third-order valence-electron chi connectivity index (χ3n) is 4.70. The number of rotatable bonds is 1. The van der Waals surface area contributed by atoms with Crippen LogP contribution in [-0.4, -0.2) is 30.1 Å². The molecule has 3 rings (SSSR count). The van der Waals surface area contributed by atoms with E-state index in [1.807, 2.05) is 18.2 Å². The molecular formula is C16H23NO2. The summed E-state index contributed by atoms with van der Waals surface area (Å²) in [7, 11) is 4.22. The largest absolute Gasteiger partial charge is 0.362 e. The average Bonchev–Trinajstić information content (AvgIpc) is 2.59. The van der Waals surface area contributed by atoms with Gasteiger partial charge < -0.3 is 14.7 Å². The quantitative estimate of drug-likeness (QED) is 0.843. The van der Waals surface area contributed by atoms with E-state index in [0.717, 1.165) is 24.8 Å². The minimum absolute atomic E-state index is 0.330. The molecule has 3 nitrogen and oxygen atoms in total. The summed E-state index contributed by atoms with van der Waals surface area (Å²) in [6.45, 7) is 1.77. The molecule has 1 unspecified atom stereocenters. The fourth-order valence-electron chi connectivity index (χ4n) is 3.95. The van der Waals surface area contributed by atoms with Gasteiger partial charge in [0.2, 0.25) is 0 Å². The molecule has 1 N–H and O–H groups in total. The summed E-state index contributed by atoms with van der Waals surface area (Å²) in [6.07, 6.45) is 4.51. The number of ether oxygens (including phenoxy) is 1. The van der Waals surface area contributed by atoms with Crippen molar-refractivity contribution in [3.05, 3.63) is 35.4 Å². The van der Waals surface area contributed by atoms with Gasteiger partial charge in [0.15, 0.2) is 5.79 Å². The van der Waals surface area contributed by atoms with Crippen molar-refractivity contribution in [1.29, 1.82) is 0 Å². The van der Waals surface area contributed by atoms with Gasteiger partial charge in [-0.1, -0.05) is 37.1 Å². The number of hydrogen-bond donors (Lipinski definition) is 1. The first-order valence-electron chi connectivity index (χ1n) is 7.16. The summed E-state index contributed by atoms with van der Waals surface area (Å²) >= 11 is 0. The molecule has 0 radical (unpaired) electrons. The summed E-state index contributed by atoms with van der Waals surface area (Å²) in [4.78, 5) is 2.25. The van der Waals surface area contributed by atoms with Crippen LogP contribution in [0.2, 0.25) is 0 Å². The summed E-state index contributed by atoms with van der Waals surface area (Å²) < 4.78 is 6.24. The standard InChI is InChI=1S/C16H23NO2/c1-15(18)12-8-4-5-9-13(12)16(19-15)11-7-6-10-14(16)17(2)3/h4-5,8-9,14,18H,6-7,10-11H2,1-3H3/t14?,15-,16+/m1/s1. The molecule has 1 spiro atoms. The molecule has 104 valence electrons. The predicted molar refractivity (Wildman–Crippen MR) is 74.7 cm³/mol. The Morgan fingerprint density at radius 1 is 1.21 bits per heavy atom. The molecule has 1 heterocycles. The molecule has 1 saturated carbocycles. The van der Waals surface area contributed by atoms with Crippen molar-refractivity contribution in [2.75, 3.05) is 14.1 Å². The summed E-state index contributed by atoms with van der Waals surface area (Å²) in [5.74, 6) is -1.16. The molecular weight excluding hydrogens is 238 g/mol. The molecule has 0 bridgehead atoms. The highest BCUT2D eigenvalue weighted by Gasteiger charge is 2.55. The van der Waals surface area contributed by atoms with Gasteiger partial charge in [0, 0.05) is 11.6 Å². The molecule has 0 aromatic heterocycles. The second-order valence-corrected chi connectivity index (χ2v) is 6.25. The highest BCUT2D eigenvalue weighted by atomic mass is 16.6.